The maximum absolute atomic E-state index is 11.7. The molecule has 0 aliphatic rings. The quantitative estimate of drug-likeness (QED) is 0.718. The highest BCUT2D eigenvalue weighted by Gasteiger charge is 2.08. The number of carboxylic acid groups (broad SMARTS) is 1. The standard InChI is InChI=1S/C15H22N2O4/c1-12-5-3-6-13(11-12)21-10-8-16-15(20)17(2)9-4-7-14(18)19/h3,5-6,11H,4,7-10H2,1-2H3,(H,16,20)(H,18,19). The minimum absolute atomic E-state index is 0.0636. The van der Waals surface area contributed by atoms with Gasteiger partial charge in [-0.05, 0) is 31.0 Å². The number of nitrogens with zero attached hydrogens (tertiary/aromatic N) is 1. The van der Waals surface area contributed by atoms with E-state index in [2.05, 4.69) is 5.32 Å². The topological polar surface area (TPSA) is 78.9 Å². The zero-order chi connectivity index (χ0) is 15.7. The Kier molecular flexibility index (Phi) is 7.08. The number of carbonyl (C=O) groups excluding carboxylic acids is 1. The molecule has 0 atom stereocenters. The van der Waals surface area contributed by atoms with Crippen molar-refractivity contribution >= 4 is 12.0 Å². The number of benzene rings is 1. The van der Waals surface area contributed by atoms with Crippen molar-refractivity contribution in [2.75, 3.05) is 26.7 Å². The van der Waals surface area contributed by atoms with Gasteiger partial charge in [0.1, 0.15) is 12.4 Å². The van der Waals surface area contributed by atoms with Crippen LogP contribution in [0, 0.1) is 6.92 Å². The van der Waals surface area contributed by atoms with Gasteiger partial charge in [-0.15, -0.1) is 0 Å². The number of carbonyl (C=O) groups is 2. The van der Waals surface area contributed by atoms with E-state index in [0.29, 0.717) is 26.1 Å². The van der Waals surface area contributed by atoms with E-state index < -0.39 is 5.97 Å². The van der Waals surface area contributed by atoms with Gasteiger partial charge in [-0.2, -0.15) is 0 Å². The fourth-order valence-electron chi connectivity index (χ4n) is 1.74. The number of urea groups is 1. The maximum atomic E-state index is 11.7. The monoisotopic (exact) mass is 294 g/mol. The smallest absolute Gasteiger partial charge is 0.317 e. The van der Waals surface area contributed by atoms with Gasteiger partial charge < -0.3 is 20.1 Å². The second kappa shape index (κ2) is 8.84. The van der Waals surface area contributed by atoms with Crippen LogP contribution < -0.4 is 10.1 Å². The van der Waals surface area contributed by atoms with E-state index in [1.54, 1.807) is 7.05 Å². The molecular formula is C15H22N2O4. The molecule has 6 nitrogen and oxygen atoms in total. The molecule has 21 heavy (non-hydrogen) atoms. The first-order valence-corrected chi connectivity index (χ1v) is 6.89. The molecule has 0 aromatic heterocycles. The summed E-state index contributed by atoms with van der Waals surface area (Å²) in [5.74, 6) is -0.0746. The lowest BCUT2D eigenvalue weighted by molar-refractivity contribution is -0.137. The van der Waals surface area contributed by atoms with Crippen molar-refractivity contribution in [1.82, 2.24) is 10.2 Å². The summed E-state index contributed by atoms with van der Waals surface area (Å²) in [6.07, 6.45) is 0.507. The van der Waals surface area contributed by atoms with Crippen molar-refractivity contribution in [2.24, 2.45) is 0 Å². The minimum atomic E-state index is -0.852. The van der Waals surface area contributed by atoms with E-state index in [1.165, 1.54) is 4.90 Å². The maximum Gasteiger partial charge on any atom is 0.317 e. The number of rotatable bonds is 8. The third kappa shape index (κ3) is 7.20. The van der Waals surface area contributed by atoms with Crippen molar-refractivity contribution in [3.05, 3.63) is 29.8 Å². The van der Waals surface area contributed by atoms with Crippen molar-refractivity contribution in [2.45, 2.75) is 19.8 Å². The summed E-state index contributed by atoms with van der Waals surface area (Å²) in [5, 5.41) is 11.3. The SMILES string of the molecule is Cc1cccc(OCCNC(=O)N(C)CCCC(=O)O)c1. The molecule has 0 saturated heterocycles. The fraction of sp³-hybridized carbons (Fsp3) is 0.467. The highest BCUT2D eigenvalue weighted by Crippen LogP contribution is 2.11. The summed E-state index contributed by atoms with van der Waals surface area (Å²) < 4.78 is 5.52. The Morgan fingerprint density at radius 1 is 1.38 bits per heavy atom. The molecule has 0 fully saturated rings. The van der Waals surface area contributed by atoms with Gasteiger partial charge in [0, 0.05) is 20.0 Å². The molecule has 2 amide bonds. The molecule has 6 heteroatoms. The first-order chi connectivity index (χ1) is 9.99. The van der Waals surface area contributed by atoms with Crippen LogP contribution in [0.3, 0.4) is 0 Å². The summed E-state index contributed by atoms with van der Waals surface area (Å²) in [6.45, 7) is 3.19. The van der Waals surface area contributed by atoms with Gasteiger partial charge in [0.25, 0.3) is 0 Å². The zero-order valence-corrected chi connectivity index (χ0v) is 12.5. The van der Waals surface area contributed by atoms with E-state index in [-0.39, 0.29) is 12.5 Å². The van der Waals surface area contributed by atoms with Gasteiger partial charge in [-0.1, -0.05) is 12.1 Å². The average Bonchev–Trinajstić information content (AvgIpc) is 2.43. The molecule has 1 aromatic carbocycles. The van der Waals surface area contributed by atoms with Crippen LogP contribution in [0.15, 0.2) is 24.3 Å². The third-order valence-corrected chi connectivity index (χ3v) is 2.87. The molecule has 0 aliphatic heterocycles. The van der Waals surface area contributed by atoms with Crippen LogP contribution in [0.2, 0.25) is 0 Å². The van der Waals surface area contributed by atoms with Crippen LogP contribution in [-0.4, -0.2) is 48.8 Å². The average molecular weight is 294 g/mol. The molecule has 0 saturated carbocycles. The fourth-order valence-corrected chi connectivity index (χ4v) is 1.74. The minimum Gasteiger partial charge on any atom is -0.492 e. The van der Waals surface area contributed by atoms with Crippen LogP contribution in [0.1, 0.15) is 18.4 Å². The summed E-state index contributed by atoms with van der Waals surface area (Å²) in [6, 6.07) is 7.47. The lowest BCUT2D eigenvalue weighted by Crippen LogP contribution is -2.39. The summed E-state index contributed by atoms with van der Waals surface area (Å²) in [5.41, 5.74) is 1.12. The van der Waals surface area contributed by atoms with Gasteiger partial charge in [-0.25, -0.2) is 4.79 Å². The van der Waals surface area contributed by atoms with Crippen LogP contribution >= 0.6 is 0 Å². The molecular weight excluding hydrogens is 272 g/mol. The normalized spacial score (nSPS) is 10.0. The highest BCUT2D eigenvalue weighted by atomic mass is 16.5. The number of nitrogens with one attached hydrogen (secondary N) is 1. The molecule has 116 valence electrons. The van der Waals surface area contributed by atoms with Crippen molar-refractivity contribution in [3.8, 4) is 5.75 Å². The molecule has 0 radical (unpaired) electrons. The third-order valence-electron chi connectivity index (χ3n) is 2.87. The van der Waals surface area contributed by atoms with Gasteiger partial charge >= 0.3 is 12.0 Å². The molecule has 0 bridgehead atoms. The number of carboxylic acids is 1. The Balaban J connectivity index is 2.16. The van der Waals surface area contributed by atoms with Gasteiger partial charge in [0.05, 0.1) is 6.54 Å². The molecule has 1 aromatic rings. The van der Waals surface area contributed by atoms with Crippen molar-refractivity contribution < 1.29 is 19.4 Å². The van der Waals surface area contributed by atoms with Crippen molar-refractivity contribution in [1.29, 1.82) is 0 Å². The second-order valence-corrected chi connectivity index (χ2v) is 4.82. The highest BCUT2D eigenvalue weighted by molar-refractivity contribution is 5.73. The first kappa shape index (κ1) is 16.8. The predicted octanol–water partition coefficient (Wildman–Crippen LogP) is 1.88. The number of aliphatic carboxylic acids is 1. The van der Waals surface area contributed by atoms with Gasteiger partial charge in [-0.3, -0.25) is 4.79 Å². The van der Waals surface area contributed by atoms with E-state index in [9.17, 15) is 9.59 Å². The van der Waals surface area contributed by atoms with Crippen LogP contribution in [-0.2, 0) is 4.79 Å². The van der Waals surface area contributed by atoms with Gasteiger partial charge in [0.2, 0.25) is 0 Å². The summed E-state index contributed by atoms with van der Waals surface area (Å²) in [4.78, 5) is 23.5. The predicted molar refractivity (Wildman–Crippen MR) is 79.6 cm³/mol. The Hall–Kier alpha value is -2.24. The van der Waals surface area contributed by atoms with Crippen LogP contribution in [0.4, 0.5) is 4.79 Å². The van der Waals surface area contributed by atoms with Gasteiger partial charge in [0.15, 0.2) is 0 Å². The zero-order valence-electron chi connectivity index (χ0n) is 12.5. The van der Waals surface area contributed by atoms with Crippen LogP contribution in [0.25, 0.3) is 0 Å². The Morgan fingerprint density at radius 3 is 2.81 bits per heavy atom. The molecule has 0 unspecified atom stereocenters. The van der Waals surface area contributed by atoms with E-state index in [1.807, 2.05) is 31.2 Å². The molecule has 1 rings (SSSR count). The second-order valence-electron chi connectivity index (χ2n) is 4.82. The molecule has 2 N–H and O–H groups in total. The lowest BCUT2D eigenvalue weighted by atomic mass is 10.2. The Bertz CT molecular complexity index is 476. The molecule has 0 heterocycles. The number of hydrogen-bond donors (Lipinski definition) is 2. The number of hydrogen-bond acceptors (Lipinski definition) is 3. The van der Waals surface area contributed by atoms with Crippen molar-refractivity contribution in [3.63, 3.8) is 0 Å². The van der Waals surface area contributed by atoms with E-state index in [4.69, 9.17) is 9.84 Å². The first-order valence-electron chi connectivity index (χ1n) is 6.89. The summed E-state index contributed by atoms with van der Waals surface area (Å²) >= 11 is 0. The Morgan fingerprint density at radius 2 is 2.14 bits per heavy atom. The number of ether oxygens (including phenoxy) is 1. The lowest BCUT2D eigenvalue weighted by Gasteiger charge is -2.17. The largest absolute Gasteiger partial charge is 0.492 e. The number of amides is 2. The number of aryl methyl sites for hydroxylation is 1. The van der Waals surface area contributed by atoms with E-state index in [0.717, 1.165) is 11.3 Å². The Labute approximate surface area is 124 Å². The van der Waals surface area contributed by atoms with Crippen LogP contribution in [0.5, 0.6) is 5.75 Å². The summed E-state index contributed by atoms with van der Waals surface area (Å²) in [7, 11) is 1.64. The molecule has 0 aliphatic carbocycles. The molecule has 0 spiro atoms. The van der Waals surface area contributed by atoms with E-state index >= 15 is 0 Å².